The predicted octanol–water partition coefficient (Wildman–Crippen LogP) is 2.27. The highest BCUT2D eigenvalue weighted by Crippen LogP contribution is 2.35. The Morgan fingerprint density at radius 2 is 1.92 bits per heavy atom. The molecule has 0 aromatic heterocycles. The highest BCUT2D eigenvalue weighted by atomic mass is 16.5. The molecule has 136 valence electrons. The number of amides is 1. The third-order valence-corrected chi connectivity index (χ3v) is 6.00. The lowest BCUT2D eigenvalue weighted by Gasteiger charge is -2.30. The Morgan fingerprint density at radius 1 is 1.16 bits per heavy atom. The van der Waals surface area contributed by atoms with Gasteiger partial charge < -0.3 is 19.3 Å². The van der Waals surface area contributed by atoms with Gasteiger partial charge in [-0.3, -0.25) is 4.79 Å². The first-order valence-corrected chi connectivity index (χ1v) is 9.52. The Morgan fingerprint density at radius 3 is 2.64 bits per heavy atom. The number of likely N-dealkylation sites (tertiary alicyclic amines) is 2. The van der Waals surface area contributed by atoms with Crippen LogP contribution in [0.2, 0.25) is 0 Å². The van der Waals surface area contributed by atoms with E-state index in [2.05, 4.69) is 4.90 Å². The lowest BCUT2D eigenvalue weighted by atomic mass is 9.92. The second kappa shape index (κ2) is 7.34. The largest absolute Gasteiger partial charge is 0.497 e. The van der Waals surface area contributed by atoms with Crippen LogP contribution in [-0.4, -0.2) is 68.3 Å². The standard InChI is InChI=1S/C20H28N2O3/c1-24-17-7-5-15(6-8-17)20(23)22-12-18-16(14-25-19(18)13-22)11-21-9-3-2-4-10-21/h5-8,16,18-19H,2-4,9-14H2,1H3/t16-,18+,19+/m1/s1. The topological polar surface area (TPSA) is 42.0 Å². The molecule has 0 aliphatic carbocycles. The molecule has 3 aliphatic heterocycles. The summed E-state index contributed by atoms with van der Waals surface area (Å²) in [6.07, 6.45) is 4.23. The van der Waals surface area contributed by atoms with E-state index in [0.717, 1.165) is 37.6 Å². The van der Waals surface area contributed by atoms with E-state index in [1.54, 1.807) is 7.11 Å². The molecule has 1 aromatic carbocycles. The van der Waals surface area contributed by atoms with Crippen LogP contribution < -0.4 is 4.74 Å². The number of methoxy groups -OCH3 is 1. The van der Waals surface area contributed by atoms with Crippen molar-refractivity contribution >= 4 is 5.91 Å². The maximum absolute atomic E-state index is 12.8. The molecule has 3 saturated heterocycles. The molecule has 0 spiro atoms. The van der Waals surface area contributed by atoms with E-state index >= 15 is 0 Å². The summed E-state index contributed by atoms with van der Waals surface area (Å²) in [7, 11) is 1.64. The van der Waals surface area contributed by atoms with Gasteiger partial charge in [-0.15, -0.1) is 0 Å². The molecule has 5 heteroatoms. The second-order valence-corrected chi connectivity index (χ2v) is 7.60. The molecular weight excluding hydrogens is 316 g/mol. The van der Waals surface area contributed by atoms with E-state index in [9.17, 15) is 4.79 Å². The molecule has 1 aromatic rings. The van der Waals surface area contributed by atoms with Crippen LogP contribution in [0.15, 0.2) is 24.3 Å². The zero-order chi connectivity index (χ0) is 17.2. The lowest BCUT2D eigenvalue weighted by Crippen LogP contribution is -2.38. The number of hydrogen-bond donors (Lipinski definition) is 0. The Labute approximate surface area is 149 Å². The molecule has 4 rings (SSSR count). The zero-order valence-corrected chi connectivity index (χ0v) is 15.0. The smallest absolute Gasteiger partial charge is 0.253 e. The highest BCUT2D eigenvalue weighted by Gasteiger charge is 2.45. The molecule has 5 nitrogen and oxygen atoms in total. The second-order valence-electron chi connectivity index (χ2n) is 7.60. The summed E-state index contributed by atoms with van der Waals surface area (Å²) in [4.78, 5) is 17.4. The molecule has 0 N–H and O–H groups in total. The number of fused-ring (bicyclic) bond motifs is 1. The molecule has 0 unspecified atom stereocenters. The fourth-order valence-corrected chi connectivity index (χ4v) is 4.54. The molecule has 3 aliphatic rings. The van der Waals surface area contributed by atoms with Gasteiger partial charge in [-0.05, 0) is 50.2 Å². The third kappa shape index (κ3) is 3.53. The molecular formula is C20H28N2O3. The summed E-state index contributed by atoms with van der Waals surface area (Å²) in [5, 5.41) is 0. The summed E-state index contributed by atoms with van der Waals surface area (Å²) in [6.45, 7) is 5.99. The Kier molecular flexibility index (Phi) is 4.95. The van der Waals surface area contributed by atoms with Crippen molar-refractivity contribution in [2.75, 3.05) is 46.4 Å². The van der Waals surface area contributed by atoms with Gasteiger partial charge in [0.1, 0.15) is 5.75 Å². The van der Waals surface area contributed by atoms with Crippen LogP contribution in [0.25, 0.3) is 0 Å². The molecule has 1 amide bonds. The van der Waals surface area contributed by atoms with Crippen LogP contribution in [0.1, 0.15) is 29.6 Å². The van der Waals surface area contributed by atoms with Gasteiger partial charge in [0.15, 0.2) is 0 Å². The zero-order valence-electron chi connectivity index (χ0n) is 15.0. The Bertz CT molecular complexity index is 597. The normalized spacial score (nSPS) is 29.6. The summed E-state index contributed by atoms with van der Waals surface area (Å²) in [5.41, 5.74) is 0.730. The van der Waals surface area contributed by atoms with Crippen molar-refractivity contribution < 1.29 is 14.3 Å². The molecule has 3 heterocycles. The van der Waals surface area contributed by atoms with Gasteiger partial charge in [0, 0.05) is 37.0 Å². The van der Waals surface area contributed by atoms with Crippen molar-refractivity contribution in [1.82, 2.24) is 9.80 Å². The maximum Gasteiger partial charge on any atom is 0.253 e. The van der Waals surface area contributed by atoms with Crippen molar-refractivity contribution in [2.24, 2.45) is 11.8 Å². The maximum atomic E-state index is 12.8. The fourth-order valence-electron chi connectivity index (χ4n) is 4.54. The molecule has 0 bridgehead atoms. The van der Waals surface area contributed by atoms with E-state index in [0.29, 0.717) is 11.8 Å². The first kappa shape index (κ1) is 16.9. The van der Waals surface area contributed by atoms with E-state index in [1.165, 1.54) is 32.4 Å². The van der Waals surface area contributed by atoms with Crippen molar-refractivity contribution in [3.05, 3.63) is 29.8 Å². The summed E-state index contributed by atoms with van der Waals surface area (Å²) < 4.78 is 11.2. The van der Waals surface area contributed by atoms with Gasteiger partial charge in [0.2, 0.25) is 0 Å². The van der Waals surface area contributed by atoms with E-state index in [1.807, 2.05) is 29.2 Å². The quantitative estimate of drug-likeness (QED) is 0.840. The van der Waals surface area contributed by atoms with Crippen molar-refractivity contribution in [3.8, 4) is 5.75 Å². The van der Waals surface area contributed by atoms with Gasteiger partial charge in [-0.2, -0.15) is 0 Å². The number of ether oxygens (including phenoxy) is 2. The number of piperidine rings is 1. The van der Waals surface area contributed by atoms with Gasteiger partial charge >= 0.3 is 0 Å². The Hall–Kier alpha value is -1.59. The van der Waals surface area contributed by atoms with E-state index in [4.69, 9.17) is 9.47 Å². The van der Waals surface area contributed by atoms with Crippen molar-refractivity contribution in [3.63, 3.8) is 0 Å². The molecule has 3 atom stereocenters. The van der Waals surface area contributed by atoms with Gasteiger partial charge in [-0.25, -0.2) is 0 Å². The molecule has 0 radical (unpaired) electrons. The number of carbonyl (C=O) groups excluding carboxylic acids is 1. The lowest BCUT2D eigenvalue weighted by molar-refractivity contribution is 0.0661. The van der Waals surface area contributed by atoms with Crippen LogP contribution >= 0.6 is 0 Å². The molecule has 3 fully saturated rings. The van der Waals surface area contributed by atoms with Crippen LogP contribution in [0.5, 0.6) is 5.75 Å². The first-order valence-electron chi connectivity index (χ1n) is 9.52. The van der Waals surface area contributed by atoms with Gasteiger partial charge in [0.05, 0.1) is 19.8 Å². The average molecular weight is 344 g/mol. The van der Waals surface area contributed by atoms with Crippen LogP contribution in [-0.2, 0) is 4.74 Å². The third-order valence-electron chi connectivity index (χ3n) is 6.00. The number of rotatable bonds is 4. The van der Waals surface area contributed by atoms with Crippen molar-refractivity contribution in [1.29, 1.82) is 0 Å². The van der Waals surface area contributed by atoms with Crippen LogP contribution in [0.4, 0.5) is 0 Å². The highest BCUT2D eigenvalue weighted by molar-refractivity contribution is 5.94. The minimum absolute atomic E-state index is 0.109. The first-order chi connectivity index (χ1) is 12.2. The minimum atomic E-state index is 0.109. The number of benzene rings is 1. The monoisotopic (exact) mass is 344 g/mol. The van der Waals surface area contributed by atoms with Gasteiger partial charge in [-0.1, -0.05) is 6.42 Å². The minimum Gasteiger partial charge on any atom is -0.497 e. The molecule has 0 saturated carbocycles. The summed E-state index contributed by atoms with van der Waals surface area (Å²) in [6, 6.07) is 7.39. The summed E-state index contributed by atoms with van der Waals surface area (Å²) in [5.74, 6) is 1.94. The van der Waals surface area contributed by atoms with E-state index in [-0.39, 0.29) is 12.0 Å². The SMILES string of the molecule is COc1ccc(C(=O)N2C[C@H]3[C@H](CN4CCCCC4)CO[C@H]3C2)cc1. The molecule has 25 heavy (non-hydrogen) atoms. The van der Waals surface area contributed by atoms with E-state index < -0.39 is 0 Å². The van der Waals surface area contributed by atoms with Gasteiger partial charge in [0.25, 0.3) is 5.91 Å². The fraction of sp³-hybridized carbons (Fsp3) is 0.650. The number of carbonyl (C=O) groups is 1. The number of hydrogen-bond acceptors (Lipinski definition) is 4. The Balaban J connectivity index is 1.37. The van der Waals surface area contributed by atoms with Crippen molar-refractivity contribution in [2.45, 2.75) is 25.4 Å². The predicted molar refractivity (Wildman–Crippen MR) is 95.9 cm³/mol. The van der Waals surface area contributed by atoms with Crippen LogP contribution in [0, 0.1) is 11.8 Å². The number of nitrogens with zero attached hydrogens (tertiary/aromatic N) is 2. The van der Waals surface area contributed by atoms with Crippen LogP contribution in [0.3, 0.4) is 0 Å². The average Bonchev–Trinajstić information content (AvgIpc) is 3.24. The summed E-state index contributed by atoms with van der Waals surface area (Å²) >= 11 is 0.